The van der Waals surface area contributed by atoms with Crippen LogP contribution in [0.2, 0.25) is 0 Å². The molecular formula is C26H31N3O4. The summed E-state index contributed by atoms with van der Waals surface area (Å²) in [6.45, 7) is 8.85. The highest BCUT2D eigenvalue weighted by molar-refractivity contribution is 5.93. The maximum Gasteiger partial charge on any atom is 0.408 e. The summed E-state index contributed by atoms with van der Waals surface area (Å²) in [4.78, 5) is 39.5. The number of amides is 3. The van der Waals surface area contributed by atoms with E-state index in [2.05, 4.69) is 16.7 Å². The standard InChI is InChI=1S/C26H31N3O4/c1-7-29(24(31)19(3)28-25(32)33-26(4,5)6)22(21-15-13-18(2)14-16-21)23(30)27-17-20-11-9-8-10-12-20/h1,8-16,19,22H,17H2,2-6H3,(H,27,30)(H,28,32). The van der Waals surface area contributed by atoms with E-state index in [1.54, 1.807) is 32.9 Å². The van der Waals surface area contributed by atoms with Crippen molar-refractivity contribution in [1.29, 1.82) is 0 Å². The van der Waals surface area contributed by atoms with Crippen molar-refractivity contribution in [2.75, 3.05) is 0 Å². The number of hydrogen-bond donors (Lipinski definition) is 2. The fraction of sp³-hybridized carbons (Fsp3) is 0.346. The SMILES string of the molecule is C#CN(C(=O)C(C)NC(=O)OC(C)(C)C)C(C(=O)NCc1ccccc1)c1ccc(C)cc1. The van der Waals surface area contributed by atoms with E-state index >= 15 is 0 Å². The number of nitrogens with one attached hydrogen (secondary N) is 2. The third kappa shape index (κ3) is 7.69. The predicted molar refractivity (Wildman–Crippen MR) is 127 cm³/mol. The Morgan fingerprint density at radius 1 is 1.06 bits per heavy atom. The first kappa shape index (κ1) is 25.5. The molecule has 0 fully saturated rings. The van der Waals surface area contributed by atoms with Crippen LogP contribution in [0.25, 0.3) is 0 Å². The molecule has 2 aromatic carbocycles. The minimum Gasteiger partial charge on any atom is -0.444 e. The minimum atomic E-state index is -1.07. The van der Waals surface area contributed by atoms with Gasteiger partial charge in [0.15, 0.2) is 0 Å². The molecule has 0 aliphatic rings. The minimum absolute atomic E-state index is 0.278. The molecule has 7 heteroatoms. The molecule has 0 bridgehead atoms. The Hall–Kier alpha value is -3.79. The number of hydrogen-bond acceptors (Lipinski definition) is 4. The Kier molecular flexibility index (Phi) is 8.63. The van der Waals surface area contributed by atoms with Gasteiger partial charge in [0.2, 0.25) is 5.91 Å². The topological polar surface area (TPSA) is 87.7 Å². The first-order chi connectivity index (χ1) is 15.5. The molecule has 2 N–H and O–H groups in total. The first-order valence-electron chi connectivity index (χ1n) is 10.7. The van der Waals surface area contributed by atoms with E-state index in [1.807, 2.05) is 49.4 Å². The highest BCUT2D eigenvalue weighted by atomic mass is 16.6. The summed E-state index contributed by atoms with van der Waals surface area (Å²) in [5, 5.41) is 5.34. The van der Waals surface area contributed by atoms with Crippen molar-refractivity contribution in [2.45, 2.75) is 58.8 Å². The van der Waals surface area contributed by atoms with E-state index in [-0.39, 0.29) is 6.54 Å². The van der Waals surface area contributed by atoms with Crippen LogP contribution in [0.5, 0.6) is 0 Å². The van der Waals surface area contributed by atoms with Crippen LogP contribution in [0.3, 0.4) is 0 Å². The van der Waals surface area contributed by atoms with Gasteiger partial charge in [-0.1, -0.05) is 66.6 Å². The number of carbonyl (C=O) groups excluding carboxylic acids is 3. The monoisotopic (exact) mass is 449 g/mol. The highest BCUT2D eigenvalue weighted by Gasteiger charge is 2.34. The fourth-order valence-electron chi connectivity index (χ4n) is 3.07. The summed E-state index contributed by atoms with van der Waals surface area (Å²) < 4.78 is 5.21. The number of carbonyl (C=O) groups is 3. The second-order valence-electron chi connectivity index (χ2n) is 8.72. The summed E-state index contributed by atoms with van der Waals surface area (Å²) in [6, 6.07) is 16.9. The van der Waals surface area contributed by atoms with Gasteiger partial charge in [0.05, 0.1) is 0 Å². The van der Waals surface area contributed by atoms with Crippen LogP contribution < -0.4 is 10.6 Å². The zero-order valence-corrected chi connectivity index (χ0v) is 19.7. The lowest BCUT2D eigenvalue weighted by atomic mass is 10.0. The van der Waals surface area contributed by atoms with Crippen molar-refractivity contribution in [2.24, 2.45) is 0 Å². The van der Waals surface area contributed by atoms with Gasteiger partial charge >= 0.3 is 6.09 Å². The van der Waals surface area contributed by atoms with Crippen LogP contribution in [0.1, 0.15) is 50.4 Å². The largest absolute Gasteiger partial charge is 0.444 e. The van der Waals surface area contributed by atoms with Crippen LogP contribution in [-0.2, 0) is 20.9 Å². The Morgan fingerprint density at radius 3 is 2.21 bits per heavy atom. The normalized spacial score (nSPS) is 12.6. The van der Waals surface area contributed by atoms with Crippen LogP contribution in [-0.4, -0.2) is 34.5 Å². The van der Waals surface area contributed by atoms with E-state index in [0.717, 1.165) is 16.0 Å². The van der Waals surface area contributed by atoms with E-state index in [4.69, 9.17) is 11.2 Å². The molecule has 174 valence electrons. The third-order valence-electron chi connectivity index (χ3n) is 4.69. The van der Waals surface area contributed by atoms with Gasteiger partial charge in [-0.05, 0) is 45.7 Å². The molecule has 0 aliphatic carbocycles. The highest BCUT2D eigenvalue weighted by Crippen LogP contribution is 2.23. The smallest absolute Gasteiger partial charge is 0.408 e. The Bertz CT molecular complexity index is 1000. The van der Waals surface area contributed by atoms with E-state index in [1.165, 1.54) is 6.92 Å². The van der Waals surface area contributed by atoms with Crippen LogP contribution >= 0.6 is 0 Å². The van der Waals surface area contributed by atoms with E-state index in [0.29, 0.717) is 5.56 Å². The number of aryl methyl sites for hydroxylation is 1. The molecule has 3 amide bonds. The lowest BCUT2D eigenvalue weighted by Crippen LogP contribution is -2.50. The summed E-state index contributed by atoms with van der Waals surface area (Å²) in [7, 11) is 0. The summed E-state index contributed by atoms with van der Waals surface area (Å²) >= 11 is 0. The molecule has 0 aliphatic heterocycles. The van der Waals surface area contributed by atoms with Crippen LogP contribution in [0.4, 0.5) is 4.79 Å². The van der Waals surface area contributed by atoms with Crippen LogP contribution in [0, 0.1) is 19.4 Å². The van der Waals surface area contributed by atoms with Crippen molar-refractivity contribution in [3.8, 4) is 12.5 Å². The molecule has 7 nitrogen and oxygen atoms in total. The Morgan fingerprint density at radius 2 is 1.67 bits per heavy atom. The van der Waals surface area contributed by atoms with Gasteiger partial charge in [0.25, 0.3) is 5.91 Å². The van der Waals surface area contributed by atoms with Gasteiger partial charge in [-0.15, -0.1) is 0 Å². The molecule has 0 saturated carbocycles. The second-order valence-corrected chi connectivity index (χ2v) is 8.72. The van der Waals surface area contributed by atoms with Crippen molar-refractivity contribution in [3.63, 3.8) is 0 Å². The van der Waals surface area contributed by atoms with Crippen LogP contribution in [0.15, 0.2) is 54.6 Å². The molecule has 33 heavy (non-hydrogen) atoms. The molecule has 0 radical (unpaired) electrons. The number of rotatable bonds is 7. The zero-order valence-electron chi connectivity index (χ0n) is 19.7. The number of terminal acetylenes is 1. The molecule has 2 atom stereocenters. The molecule has 2 rings (SSSR count). The molecule has 0 spiro atoms. The Labute approximate surface area is 195 Å². The predicted octanol–water partition coefficient (Wildman–Crippen LogP) is 3.69. The molecular weight excluding hydrogens is 418 g/mol. The maximum atomic E-state index is 13.2. The lowest BCUT2D eigenvalue weighted by molar-refractivity contribution is -0.138. The van der Waals surface area contributed by atoms with E-state index in [9.17, 15) is 14.4 Å². The second kappa shape index (κ2) is 11.2. The number of alkyl carbamates (subject to hydrolysis) is 1. The van der Waals surface area contributed by atoms with Crippen molar-refractivity contribution in [3.05, 3.63) is 71.3 Å². The molecule has 0 saturated heterocycles. The number of nitrogens with zero attached hydrogens (tertiary/aromatic N) is 1. The quantitative estimate of drug-likeness (QED) is 0.499. The molecule has 2 aromatic rings. The average molecular weight is 450 g/mol. The lowest BCUT2D eigenvalue weighted by Gasteiger charge is -2.29. The van der Waals surface area contributed by atoms with Crippen molar-refractivity contribution >= 4 is 17.9 Å². The van der Waals surface area contributed by atoms with Gasteiger partial charge in [-0.25, -0.2) is 4.79 Å². The number of benzene rings is 2. The fourth-order valence-corrected chi connectivity index (χ4v) is 3.07. The van der Waals surface area contributed by atoms with Gasteiger partial charge < -0.3 is 15.4 Å². The van der Waals surface area contributed by atoms with Crippen molar-refractivity contribution < 1.29 is 19.1 Å². The Balaban J connectivity index is 2.26. The molecule has 0 aromatic heterocycles. The van der Waals surface area contributed by atoms with Gasteiger partial charge in [0, 0.05) is 12.6 Å². The van der Waals surface area contributed by atoms with Gasteiger partial charge in [0.1, 0.15) is 17.7 Å². The summed E-state index contributed by atoms with van der Waals surface area (Å²) in [5.41, 5.74) is 1.75. The maximum absolute atomic E-state index is 13.2. The average Bonchev–Trinajstić information content (AvgIpc) is 2.75. The molecule has 2 unspecified atom stereocenters. The summed E-state index contributed by atoms with van der Waals surface area (Å²) in [6.07, 6.45) is 4.94. The summed E-state index contributed by atoms with van der Waals surface area (Å²) in [5.74, 6) is -1.04. The first-order valence-corrected chi connectivity index (χ1v) is 10.7. The van der Waals surface area contributed by atoms with Gasteiger partial charge in [-0.2, -0.15) is 0 Å². The van der Waals surface area contributed by atoms with Crippen molar-refractivity contribution in [1.82, 2.24) is 15.5 Å². The molecule has 0 heterocycles. The van der Waals surface area contributed by atoms with E-state index < -0.39 is 35.6 Å². The zero-order chi connectivity index (χ0) is 24.6. The third-order valence-corrected chi connectivity index (χ3v) is 4.69. The number of ether oxygens (including phenoxy) is 1. The van der Waals surface area contributed by atoms with Gasteiger partial charge in [-0.3, -0.25) is 14.5 Å².